The fraction of sp³-hybridized carbons (Fsp3) is 0.250. The summed E-state index contributed by atoms with van der Waals surface area (Å²) in [6, 6.07) is 6.76. The molecule has 8 heteroatoms. The zero-order valence-electron chi connectivity index (χ0n) is 16.3. The minimum absolute atomic E-state index is 0.241. The average molecular weight is 452 g/mol. The number of nitrogen functional groups attached to an aromatic ring is 1. The van der Waals surface area contributed by atoms with E-state index < -0.39 is 0 Å². The van der Waals surface area contributed by atoms with Gasteiger partial charge in [0, 0.05) is 0 Å². The highest BCUT2D eigenvalue weighted by molar-refractivity contribution is 9.12. The van der Waals surface area contributed by atoms with E-state index in [-0.39, 0.29) is 22.8 Å². The molecule has 2 rings (SSSR count). The van der Waals surface area contributed by atoms with Crippen LogP contribution in [0.4, 0.5) is 5.69 Å². The molecular formula is C20H22BrNO6. The third-order valence-electron chi connectivity index (χ3n) is 4.00. The van der Waals surface area contributed by atoms with Gasteiger partial charge in [-0.05, 0) is 45.8 Å². The van der Waals surface area contributed by atoms with Crippen molar-refractivity contribution < 1.29 is 28.5 Å². The van der Waals surface area contributed by atoms with E-state index in [1.807, 2.05) is 0 Å². The largest absolute Gasteiger partial charge is 0.495 e. The fourth-order valence-electron chi connectivity index (χ4n) is 2.66. The van der Waals surface area contributed by atoms with E-state index in [1.165, 1.54) is 35.5 Å². The highest BCUT2D eigenvalue weighted by Crippen LogP contribution is 2.47. The number of halogens is 1. The van der Waals surface area contributed by atoms with Crippen LogP contribution < -0.4 is 29.4 Å². The number of hydrogen-bond acceptors (Lipinski definition) is 7. The summed E-state index contributed by atoms with van der Waals surface area (Å²) in [5, 5.41) is 0. The minimum atomic E-state index is -0.327. The van der Waals surface area contributed by atoms with Gasteiger partial charge in [0.25, 0.3) is 0 Å². The van der Waals surface area contributed by atoms with Gasteiger partial charge in [0.1, 0.15) is 5.75 Å². The summed E-state index contributed by atoms with van der Waals surface area (Å²) in [4.78, 5) is 13.1. The first-order valence-electron chi connectivity index (χ1n) is 8.14. The molecule has 0 unspecified atom stereocenters. The SMILES string of the molecule is COc1cc(C=C(Br)C(=O)c2cc(OC)c(OC)c(OC)c2OC)ccc1N. The second-order valence-electron chi connectivity index (χ2n) is 5.55. The van der Waals surface area contributed by atoms with Gasteiger partial charge in [0.2, 0.25) is 17.3 Å². The van der Waals surface area contributed by atoms with Crippen molar-refractivity contribution in [2.24, 2.45) is 0 Å². The van der Waals surface area contributed by atoms with Gasteiger partial charge >= 0.3 is 0 Å². The number of nitrogens with two attached hydrogens (primary N) is 1. The third-order valence-corrected chi connectivity index (χ3v) is 4.59. The molecule has 0 fully saturated rings. The summed E-state index contributed by atoms with van der Waals surface area (Å²) in [5.74, 6) is 1.38. The van der Waals surface area contributed by atoms with Gasteiger partial charge in [-0.2, -0.15) is 0 Å². The van der Waals surface area contributed by atoms with E-state index in [1.54, 1.807) is 30.3 Å². The molecule has 0 atom stereocenters. The number of Topliss-reactive ketones (excluding diaryl/α,β-unsaturated/α-hetero) is 1. The van der Waals surface area contributed by atoms with Crippen LogP contribution >= 0.6 is 15.9 Å². The van der Waals surface area contributed by atoms with Crippen LogP contribution in [0.5, 0.6) is 28.7 Å². The lowest BCUT2D eigenvalue weighted by Gasteiger charge is -2.18. The molecule has 0 radical (unpaired) electrons. The maximum Gasteiger partial charge on any atom is 0.208 e. The first-order valence-corrected chi connectivity index (χ1v) is 8.93. The van der Waals surface area contributed by atoms with Gasteiger partial charge in [-0.25, -0.2) is 0 Å². The minimum Gasteiger partial charge on any atom is -0.495 e. The fourth-order valence-corrected chi connectivity index (χ4v) is 3.14. The number of carbonyl (C=O) groups excluding carboxylic acids is 1. The number of benzene rings is 2. The van der Waals surface area contributed by atoms with Crippen LogP contribution in [0.15, 0.2) is 28.7 Å². The molecule has 0 aliphatic carbocycles. The molecule has 0 heterocycles. The molecule has 28 heavy (non-hydrogen) atoms. The molecule has 0 aliphatic heterocycles. The predicted octanol–water partition coefficient (Wildman–Crippen LogP) is 3.93. The van der Waals surface area contributed by atoms with E-state index >= 15 is 0 Å². The Hall–Kier alpha value is -2.87. The van der Waals surface area contributed by atoms with Crippen LogP contribution in [0, 0.1) is 0 Å². The van der Waals surface area contributed by atoms with Crippen molar-refractivity contribution in [1.82, 2.24) is 0 Å². The standard InChI is InChI=1S/C20H22BrNO6/c1-24-15-9-11(6-7-14(15)22)8-13(21)17(23)12-10-16(25-2)19(27-4)20(28-5)18(12)26-3/h6-10H,22H2,1-5H3. The summed E-state index contributed by atoms with van der Waals surface area (Å²) in [6.07, 6.45) is 1.66. The van der Waals surface area contributed by atoms with E-state index in [2.05, 4.69) is 15.9 Å². The van der Waals surface area contributed by atoms with Gasteiger partial charge in [-0.15, -0.1) is 0 Å². The van der Waals surface area contributed by atoms with Crippen molar-refractivity contribution in [3.05, 3.63) is 39.9 Å². The number of allylic oxidation sites excluding steroid dienone is 1. The van der Waals surface area contributed by atoms with E-state index in [9.17, 15) is 4.79 Å². The van der Waals surface area contributed by atoms with Gasteiger partial charge < -0.3 is 29.4 Å². The Morgan fingerprint density at radius 2 is 1.46 bits per heavy atom. The third kappa shape index (κ3) is 4.17. The summed E-state index contributed by atoms with van der Waals surface area (Å²) >= 11 is 3.34. The van der Waals surface area contributed by atoms with Gasteiger partial charge in [0.05, 0.1) is 51.3 Å². The Bertz CT molecular complexity index is 910. The monoisotopic (exact) mass is 451 g/mol. The van der Waals surface area contributed by atoms with E-state index in [0.29, 0.717) is 27.4 Å². The molecule has 2 N–H and O–H groups in total. The van der Waals surface area contributed by atoms with Gasteiger partial charge in [-0.1, -0.05) is 6.07 Å². The number of rotatable bonds is 8. The molecule has 0 aliphatic rings. The molecule has 0 aromatic heterocycles. The van der Waals surface area contributed by atoms with Crippen molar-refractivity contribution >= 4 is 33.5 Å². The van der Waals surface area contributed by atoms with Crippen molar-refractivity contribution in [3.8, 4) is 28.7 Å². The Morgan fingerprint density at radius 1 is 0.857 bits per heavy atom. The Kier molecular flexibility index (Phi) is 7.17. The highest BCUT2D eigenvalue weighted by Gasteiger charge is 2.26. The van der Waals surface area contributed by atoms with E-state index in [4.69, 9.17) is 29.4 Å². The van der Waals surface area contributed by atoms with Crippen LogP contribution in [0.2, 0.25) is 0 Å². The van der Waals surface area contributed by atoms with Crippen LogP contribution in [-0.2, 0) is 0 Å². The second kappa shape index (κ2) is 9.36. The first kappa shape index (κ1) is 21.4. The smallest absolute Gasteiger partial charge is 0.208 e. The zero-order chi connectivity index (χ0) is 20.8. The number of hydrogen-bond donors (Lipinski definition) is 1. The zero-order valence-corrected chi connectivity index (χ0v) is 17.9. The second-order valence-corrected chi connectivity index (χ2v) is 6.40. The van der Waals surface area contributed by atoms with Gasteiger partial charge in [0.15, 0.2) is 11.5 Å². The van der Waals surface area contributed by atoms with Crippen LogP contribution in [0.25, 0.3) is 6.08 Å². The number of ketones is 1. The summed E-state index contributed by atoms with van der Waals surface area (Å²) in [6.45, 7) is 0. The van der Waals surface area contributed by atoms with Crippen molar-refractivity contribution in [2.45, 2.75) is 0 Å². The Balaban J connectivity index is 2.56. The molecule has 2 aromatic rings. The quantitative estimate of drug-likeness (QED) is 0.369. The molecule has 0 saturated carbocycles. The number of anilines is 1. The molecule has 0 spiro atoms. The van der Waals surface area contributed by atoms with Crippen molar-refractivity contribution in [2.75, 3.05) is 41.3 Å². The molecular weight excluding hydrogens is 430 g/mol. The van der Waals surface area contributed by atoms with Gasteiger partial charge in [-0.3, -0.25) is 4.79 Å². The molecule has 0 bridgehead atoms. The van der Waals surface area contributed by atoms with Crippen molar-refractivity contribution in [3.63, 3.8) is 0 Å². The number of carbonyl (C=O) groups is 1. The Morgan fingerprint density at radius 3 is 2.00 bits per heavy atom. The molecule has 2 aromatic carbocycles. The van der Waals surface area contributed by atoms with Crippen LogP contribution in [-0.4, -0.2) is 41.3 Å². The Labute approximate surface area is 172 Å². The normalized spacial score (nSPS) is 11.0. The van der Waals surface area contributed by atoms with E-state index in [0.717, 1.165) is 5.56 Å². The van der Waals surface area contributed by atoms with Crippen LogP contribution in [0.1, 0.15) is 15.9 Å². The molecule has 150 valence electrons. The predicted molar refractivity (Wildman–Crippen MR) is 111 cm³/mol. The average Bonchev–Trinajstić information content (AvgIpc) is 2.72. The molecule has 0 amide bonds. The molecule has 0 saturated heterocycles. The lowest BCUT2D eigenvalue weighted by molar-refractivity contribution is 0.104. The lowest BCUT2D eigenvalue weighted by atomic mass is 10.1. The summed E-state index contributed by atoms with van der Waals surface area (Å²) in [5.41, 5.74) is 7.32. The van der Waals surface area contributed by atoms with Crippen LogP contribution in [0.3, 0.4) is 0 Å². The topological polar surface area (TPSA) is 89.2 Å². The highest BCUT2D eigenvalue weighted by atomic mass is 79.9. The maximum absolute atomic E-state index is 13.1. The maximum atomic E-state index is 13.1. The number of ether oxygens (including phenoxy) is 5. The summed E-state index contributed by atoms with van der Waals surface area (Å²) < 4.78 is 27.0. The van der Waals surface area contributed by atoms with Crippen molar-refractivity contribution in [1.29, 1.82) is 0 Å². The summed E-state index contributed by atoms with van der Waals surface area (Å²) in [7, 11) is 7.39. The molecule has 7 nitrogen and oxygen atoms in total. The first-order chi connectivity index (χ1) is 13.4. The lowest BCUT2D eigenvalue weighted by Crippen LogP contribution is -2.06. The number of methoxy groups -OCH3 is 5.